The fourth-order valence-corrected chi connectivity index (χ4v) is 6.89. The van der Waals surface area contributed by atoms with Gasteiger partial charge in [0.25, 0.3) is 0 Å². The molecule has 7 rings (SSSR count). The molecule has 234 valence electrons. The normalized spacial score (nSPS) is 11.7. The van der Waals surface area contributed by atoms with Crippen molar-refractivity contribution >= 4 is 34.0 Å². The molecular weight excluding hydrogens is 581 g/mol. The molecule has 2 heteroatoms. The van der Waals surface area contributed by atoms with Crippen molar-refractivity contribution in [2.75, 3.05) is 0 Å². The van der Waals surface area contributed by atoms with E-state index in [0.717, 1.165) is 24.2 Å². The van der Waals surface area contributed by atoms with Crippen LogP contribution >= 0.6 is 0 Å². The number of benzene rings is 5. The van der Waals surface area contributed by atoms with Crippen LogP contribution in [0.25, 0.3) is 45.3 Å². The highest BCUT2D eigenvalue weighted by Gasteiger charge is 2.15. The molecule has 0 saturated heterocycles. The predicted octanol–water partition coefficient (Wildman–Crippen LogP) is 11.8. The summed E-state index contributed by atoms with van der Waals surface area (Å²) in [6.07, 6.45) is 13.8. The van der Waals surface area contributed by atoms with Crippen LogP contribution in [0, 0.1) is 13.8 Å². The average Bonchev–Trinajstić information content (AvgIpc) is 3.57. The van der Waals surface area contributed by atoms with E-state index in [1.165, 1.54) is 66.6 Å². The molecule has 0 aliphatic heterocycles. The summed E-state index contributed by atoms with van der Waals surface area (Å²) in [7, 11) is 0. The van der Waals surface area contributed by atoms with E-state index in [-0.39, 0.29) is 0 Å². The number of hydrogen-bond acceptors (Lipinski definition) is 0. The molecule has 0 spiro atoms. The summed E-state index contributed by atoms with van der Waals surface area (Å²) in [5.41, 5.74) is 14.9. The van der Waals surface area contributed by atoms with Crippen LogP contribution in [0.5, 0.6) is 0 Å². The number of aryl methyl sites for hydroxylation is 2. The highest BCUT2D eigenvalue weighted by Crippen LogP contribution is 2.32. The van der Waals surface area contributed by atoms with Crippen LogP contribution in [0.2, 0.25) is 0 Å². The zero-order valence-electron chi connectivity index (χ0n) is 27.7. The average molecular weight is 621 g/mol. The second-order valence-electron chi connectivity index (χ2n) is 12.4. The molecule has 2 aromatic heterocycles. The van der Waals surface area contributed by atoms with Crippen LogP contribution in [0.3, 0.4) is 0 Å². The fourth-order valence-electron chi connectivity index (χ4n) is 6.89. The van der Waals surface area contributed by atoms with E-state index in [4.69, 9.17) is 0 Å². The SMILES string of the molecule is C=C/C=C\c1c(C)c2ccccc2n1-c1ccc(Cc2ccc(Cc3ccc(-n4c(/C=C\C=C)c(C)c5ccccc54)cc3)cc2)cc1. The Balaban J connectivity index is 1.06. The molecule has 0 amide bonds. The highest BCUT2D eigenvalue weighted by molar-refractivity contribution is 5.91. The number of hydrogen-bond donors (Lipinski definition) is 0. The minimum absolute atomic E-state index is 0.900. The lowest BCUT2D eigenvalue weighted by Gasteiger charge is -2.11. The topological polar surface area (TPSA) is 9.86 Å². The van der Waals surface area contributed by atoms with Gasteiger partial charge in [-0.1, -0.05) is 122 Å². The first-order valence-electron chi connectivity index (χ1n) is 16.6. The molecule has 0 fully saturated rings. The molecule has 0 bridgehead atoms. The molecule has 0 unspecified atom stereocenters. The minimum Gasteiger partial charge on any atom is -0.310 e. The first-order valence-corrected chi connectivity index (χ1v) is 16.6. The monoisotopic (exact) mass is 620 g/mol. The number of para-hydroxylation sites is 2. The Labute approximate surface area is 283 Å². The summed E-state index contributed by atoms with van der Waals surface area (Å²) in [5, 5.41) is 2.55. The van der Waals surface area contributed by atoms with Crippen molar-refractivity contribution in [3.8, 4) is 11.4 Å². The van der Waals surface area contributed by atoms with Gasteiger partial charge in [-0.2, -0.15) is 0 Å². The van der Waals surface area contributed by atoms with E-state index in [2.05, 4.69) is 170 Å². The molecule has 5 aromatic carbocycles. The Bertz CT molecular complexity index is 2140. The summed E-state index contributed by atoms with van der Waals surface area (Å²) in [6, 6.07) is 44.3. The molecule has 7 aromatic rings. The van der Waals surface area contributed by atoms with Crippen molar-refractivity contribution in [2.24, 2.45) is 0 Å². The lowest BCUT2D eigenvalue weighted by Crippen LogP contribution is -1.98. The summed E-state index contributed by atoms with van der Waals surface area (Å²) < 4.78 is 4.69. The van der Waals surface area contributed by atoms with Gasteiger partial charge in [-0.3, -0.25) is 0 Å². The van der Waals surface area contributed by atoms with Crippen molar-refractivity contribution in [2.45, 2.75) is 26.7 Å². The van der Waals surface area contributed by atoms with Gasteiger partial charge < -0.3 is 9.13 Å². The van der Waals surface area contributed by atoms with Crippen LogP contribution < -0.4 is 0 Å². The summed E-state index contributed by atoms with van der Waals surface area (Å²) >= 11 is 0. The summed E-state index contributed by atoms with van der Waals surface area (Å²) in [5.74, 6) is 0. The van der Waals surface area contributed by atoms with Gasteiger partial charge in [-0.05, 0) is 109 Å². The predicted molar refractivity (Wildman–Crippen MR) is 207 cm³/mol. The van der Waals surface area contributed by atoms with Gasteiger partial charge in [-0.25, -0.2) is 0 Å². The van der Waals surface area contributed by atoms with Crippen molar-refractivity contribution in [3.63, 3.8) is 0 Å². The van der Waals surface area contributed by atoms with Crippen LogP contribution in [0.1, 0.15) is 44.8 Å². The van der Waals surface area contributed by atoms with Gasteiger partial charge in [-0.15, -0.1) is 0 Å². The van der Waals surface area contributed by atoms with Crippen LogP contribution in [-0.4, -0.2) is 9.13 Å². The summed E-state index contributed by atoms with van der Waals surface area (Å²) in [6.45, 7) is 12.1. The minimum atomic E-state index is 0.900. The van der Waals surface area contributed by atoms with Gasteiger partial charge in [0.1, 0.15) is 0 Å². The van der Waals surface area contributed by atoms with E-state index in [1.54, 1.807) is 0 Å². The Hall–Kier alpha value is -5.86. The quantitative estimate of drug-likeness (QED) is 0.135. The van der Waals surface area contributed by atoms with Crippen LogP contribution in [0.15, 0.2) is 159 Å². The third kappa shape index (κ3) is 5.89. The fraction of sp³-hybridized carbons (Fsp3) is 0.0870. The first kappa shape index (κ1) is 30.8. The number of fused-ring (bicyclic) bond motifs is 2. The van der Waals surface area contributed by atoms with Crippen molar-refractivity contribution in [3.05, 3.63) is 204 Å². The maximum atomic E-state index is 3.87. The van der Waals surface area contributed by atoms with Gasteiger partial charge in [0, 0.05) is 33.5 Å². The maximum absolute atomic E-state index is 3.87. The molecule has 0 N–H and O–H groups in total. The standard InChI is InChI=1S/C46H40N2/c1-5-7-15-43-33(3)41-13-9-11-17-45(41)47(43)39-27-23-37(24-28-39)31-35-19-21-36(22-20-35)32-38-25-29-40(30-26-38)48-44(16-8-6-2)34(4)42-14-10-12-18-46(42)48/h5-30H,1-2,31-32H2,3-4H3/b15-7-,16-8-. The number of nitrogens with zero attached hydrogens (tertiary/aromatic N) is 2. The number of allylic oxidation sites excluding steroid dienone is 4. The van der Waals surface area contributed by atoms with Crippen molar-refractivity contribution < 1.29 is 0 Å². The Morgan fingerprint density at radius 3 is 1.15 bits per heavy atom. The van der Waals surface area contributed by atoms with E-state index in [9.17, 15) is 0 Å². The number of aromatic nitrogens is 2. The van der Waals surface area contributed by atoms with E-state index >= 15 is 0 Å². The van der Waals surface area contributed by atoms with E-state index in [1.807, 2.05) is 24.3 Å². The maximum Gasteiger partial charge on any atom is 0.0537 e. The van der Waals surface area contributed by atoms with Gasteiger partial charge in [0.05, 0.1) is 11.0 Å². The van der Waals surface area contributed by atoms with Crippen molar-refractivity contribution in [1.29, 1.82) is 0 Å². The van der Waals surface area contributed by atoms with Crippen LogP contribution in [0.4, 0.5) is 0 Å². The van der Waals surface area contributed by atoms with Gasteiger partial charge in [0.15, 0.2) is 0 Å². The smallest absolute Gasteiger partial charge is 0.0537 e. The molecule has 0 atom stereocenters. The molecule has 0 saturated carbocycles. The Kier molecular flexibility index (Phi) is 8.64. The molecule has 2 nitrogen and oxygen atoms in total. The number of rotatable bonds is 10. The largest absolute Gasteiger partial charge is 0.310 e. The lowest BCUT2D eigenvalue weighted by atomic mass is 10.00. The second kappa shape index (κ2) is 13.5. The zero-order valence-corrected chi connectivity index (χ0v) is 27.7. The molecule has 0 radical (unpaired) electrons. The molecule has 48 heavy (non-hydrogen) atoms. The van der Waals surface area contributed by atoms with Crippen molar-refractivity contribution in [1.82, 2.24) is 9.13 Å². The van der Waals surface area contributed by atoms with Gasteiger partial charge in [0.2, 0.25) is 0 Å². The summed E-state index contributed by atoms with van der Waals surface area (Å²) in [4.78, 5) is 0. The van der Waals surface area contributed by atoms with E-state index < -0.39 is 0 Å². The molecule has 0 aliphatic carbocycles. The first-order chi connectivity index (χ1) is 23.6. The molecular formula is C46H40N2. The lowest BCUT2D eigenvalue weighted by molar-refractivity contribution is 1.08. The molecule has 0 aliphatic rings. The highest BCUT2D eigenvalue weighted by atomic mass is 15.0. The van der Waals surface area contributed by atoms with E-state index in [0.29, 0.717) is 0 Å². The Morgan fingerprint density at radius 1 is 0.458 bits per heavy atom. The molecule has 2 heterocycles. The third-order valence-corrected chi connectivity index (χ3v) is 9.36. The Morgan fingerprint density at radius 2 is 0.792 bits per heavy atom. The third-order valence-electron chi connectivity index (χ3n) is 9.36. The second-order valence-corrected chi connectivity index (χ2v) is 12.4. The van der Waals surface area contributed by atoms with Crippen LogP contribution in [-0.2, 0) is 12.8 Å². The zero-order chi connectivity index (χ0) is 33.0. The van der Waals surface area contributed by atoms with Gasteiger partial charge >= 0.3 is 0 Å².